The molecule has 1 saturated heterocycles. The summed E-state index contributed by atoms with van der Waals surface area (Å²) in [6, 6.07) is 0. The molecule has 0 bridgehead atoms. The smallest absolute Gasteiger partial charge is 0.225 e. The zero-order chi connectivity index (χ0) is 16.2. The molecule has 1 aromatic rings. The van der Waals surface area contributed by atoms with Crippen molar-refractivity contribution in [2.45, 2.75) is 38.5 Å². The summed E-state index contributed by atoms with van der Waals surface area (Å²) in [6.45, 7) is 2.92. The second-order valence-electron chi connectivity index (χ2n) is 6.71. The Balaban J connectivity index is 1.46. The van der Waals surface area contributed by atoms with Crippen LogP contribution in [0.2, 0.25) is 0 Å². The lowest BCUT2D eigenvalue weighted by Gasteiger charge is -2.31. The van der Waals surface area contributed by atoms with Crippen LogP contribution in [0, 0.1) is 5.92 Å². The van der Waals surface area contributed by atoms with Crippen LogP contribution in [0.5, 0.6) is 0 Å². The van der Waals surface area contributed by atoms with Crippen molar-refractivity contribution in [2.24, 2.45) is 13.0 Å². The van der Waals surface area contributed by atoms with Gasteiger partial charge in [0, 0.05) is 51.8 Å². The van der Waals surface area contributed by atoms with Crippen molar-refractivity contribution in [1.82, 2.24) is 19.6 Å². The van der Waals surface area contributed by atoms with Crippen molar-refractivity contribution in [2.75, 3.05) is 26.2 Å². The lowest BCUT2D eigenvalue weighted by molar-refractivity contribution is -0.138. The second kappa shape index (κ2) is 7.15. The fraction of sp³-hybridized carbons (Fsp3) is 0.706. The largest absolute Gasteiger partial charge is 0.341 e. The fourth-order valence-corrected chi connectivity index (χ4v) is 3.31. The second-order valence-corrected chi connectivity index (χ2v) is 6.71. The summed E-state index contributed by atoms with van der Waals surface area (Å²) < 4.78 is 1.76. The average molecular weight is 318 g/mol. The van der Waals surface area contributed by atoms with Crippen LogP contribution in [0.3, 0.4) is 0 Å². The van der Waals surface area contributed by atoms with Gasteiger partial charge < -0.3 is 9.80 Å². The van der Waals surface area contributed by atoms with Gasteiger partial charge in [-0.05, 0) is 31.2 Å². The molecule has 23 heavy (non-hydrogen) atoms. The van der Waals surface area contributed by atoms with Crippen molar-refractivity contribution >= 4 is 11.8 Å². The van der Waals surface area contributed by atoms with Crippen molar-refractivity contribution in [3.05, 3.63) is 18.0 Å². The molecular formula is C17H26N4O2. The molecule has 0 aromatic carbocycles. The highest BCUT2D eigenvalue weighted by atomic mass is 16.2. The number of hydrogen-bond donors (Lipinski definition) is 0. The Morgan fingerprint density at radius 1 is 1.13 bits per heavy atom. The van der Waals surface area contributed by atoms with Gasteiger partial charge in [0.1, 0.15) is 0 Å². The standard InChI is InChI=1S/C17H26N4O2/c1-19-13-14(12-18-19)6-7-16(22)20-8-3-9-21(11-10-20)17(23)15-4-2-5-15/h12-13,15H,2-11H2,1H3. The van der Waals surface area contributed by atoms with E-state index >= 15 is 0 Å². The van der Waals surface area contributed by atoms with Gasteiger partial charge >= 0.3 is 0 Å². The lowest BCUT2D eigenvalue weighted by Crippen LogP contribution is -2.41. The molecule has 126 valence electrons. The molecule has 6 nitrogen and oxygen atoms in total. The summed E-state index contributed by atoms with van der Waals surface area (Å²) in [4.78, 5) is 28.6. The molecule has 3 rings (SSSR count). The summed E-state index contributed by atoms with van der Waals surface area (Å²) in [5, 5.41) is 4.13. The summed E-state index contributed by atoms with van der Waals surface area (Å²) in [7, 11) is 1.88. The Morgan fingerprint density at radius 3 is 2.52 bits per heavy atom. The molecule has 0 atom stereocenters. The van der Waals surface area contributed by atoms with Crippen LogP contribution >= 0.6 is 0 Å². The van der Waals surface area contributed by atoms with E-state index in [1.807, 2.05) is 29.2 Å². The van der Waals surface area contributed by atoms with E-state index in [-0.39, 0.29) is 11.8 Å². The Bertz CT molecular complexity index is 565. The highest BCUT2D eigenvalue weighted by Gasteiger charge is 2.30. The van der Waals surface area contributed by atoms with E-state index in [0.29, 0.717) is 25.4 Å². The summed E-state index contributed by atoms with van der Waals surface area (Å²) in [5.74, 6) is 0.746. The van der Waals surface area contributed by atoms with Crippen LogP contribution < -0.4 is 0 Å². The van der Waals surface area contributed by atoms with Crippen LogP contribution in [0.1, 0.15) is 37.7 Å². The molecule has 0 unspecified atom stereocenters. The van der Waals surface area contributed by atoms with Crippen molar-refractivity contribution in [3.63, 3.8) is 0 Å². The molecule has 2 amide bonds. The SMILES string of the molecule is Cn1cc(CCC(=O)N2CCCN(C(=O)C3CCC3)CC2)cn1. The Kier molecular flexibility index (Phi) is 4.98. The van der Waals surface area contributed by atoms with Gasteiger partial charge in [-0.15, -0.1) is 0 Å². The van der Waals surface area contributed by atoms with Gasteiger partial charge in [-0.3, -0.25) is 14.3 Å². The number of carbonyl (C=O) groups excluding carboxylic acids is 2. The lowest BCUT2D eigenvalue weighted by atomic mass is 9.84. The van der Waals surface area contributed by atoms with E-state index in [4.69, 9.17) is 0 Å². The third kappa shape index (κ3) is 3.92. The van der Waals surface area contributed by atoms with Crippen molar-refractivity contribution in [3.8, 4) is 0 Å². The van der Waals surface area contributed by atoms with Crippen molar-refractivity contribution in [1.29, 1.82) is 0 Å². The molecule has 0 N–H and O–H groups in total. The molecule has 0 spiro atoms. The third-order valence-corrected chi connectivity index (χ3v) is 5.00. The number of aromatic nitrogens is 2. The maximum absolute atomic E-state index is 12.4. The van der Waals surface area contributed by atoms with Crippen LogP contribution in [0.4, 0.5) is 0 Å². The van der Waals surface area contributed by atoms with E-state index in [1.165, 1.54) is 6.42 Å². The molecule has 0 radical (unpaired) electrons. The maximum Gasteiger partial charge on any atom is 0.225 e. The molecule has 2 aliphatic rings. The Morgan fingerprint density at radius 2 is 1.87 bits per heavy atom. The minimum Gasteiger partial charge on any atom is -0.341 e. The number of rotatable bonds is 4. The van der Waals surface area contributed by atoms with Crippen LogP contribution in [0.15, 0.2) is 12.4 Å². The number of carbonyl (C=O) groups is 2. The van der Waals surface area contributed by atoms with Gasteiger partial charge in [-0.1, -0.05) is 6.42 Å². The highest BCUT2D eigenvalue weighted by Crippen LogP contribution is 2.28. The van der Waals surface area contributed by atoms with Gasteiger partial charge in [-0.25, -0.2) is 0 Å². The third-order valence-electron chi connectivity index (χ3n) is 5.00. The summed E-state index contributed by atoms with van der Waals surface area (Å²) in [6.07, 6.45) is 9.17. The molecule has 1 aliphatic heterocycles. The minimum absolute atomic E-state index is 0.187. The Hall–Kier alpha value is -1.85. The van der Waals surface area contributed by atoms with E-state index in [2.05, 4.69) is 5.10 Å². The predicted octanol–water partition coefficient (Wildman–Crippen LogP) is 1.21. The van der Waals surface area contributed by atoms with Gasteiger partial charge in [0.25, 0.3) is 0 Å². The molecule has 1 saturated carbocycles. The van der Waals surface area contributed by atoms with Crippen LogP contribution in [-0.2, 0) is 23.1 Å². The molecule has 2 heterocycles. The quantitative estimate of drug-likeness (QED) is 0.838. The molecule has 1 aliphatic carbocycles. The number of hydrogen-bond acceptors (Lipinski definition) is 3. The average Bonchev–Trinajstić information content (AvgIpc) is 2.74. The monoisotopic (exact) mass is 318 g/mol. The molecule has 2 fully saturated rings. The van der Waals surface area contributed by atoms with Gasteiger partial charge in [0.05, 0.1) is 6.20 Å². The van der Waals surface area contributed by atoms with Gasteiger partial charge in [0.2, 0.25) is 11.8 Å². The zero-order valence-electron chi connectivity index (χ0n) is 13.9. The minimum atomic E-state index is 0.187. The fourth-order valence-electron chi connectivity index (χ4n) is 3.31. The zero-order valence-corrected chi connectivity index (χ0v) is 13.9. The van der Waals surface area contributed by atoms with Crippen LogP contribution in [0.25, 0.3) is 0 Å². The first-order valence-corrected chi connectivity index (χ1v) is 8.67. The topological polar surface area (TPSA) is 58.4 Å². The number of aryl methyl sites for hydroxylation is 2. The summed E-state index contributed by atoms with van der Waals surface area (Å²) in [5.41, 5.74) is 1.09. The number of amides is 2. The van der Waals surface area contributed by atoms with Crippen LogP contribution in [-0.4, -0.2) is 57.6 Å². The molecular weight excluding hydrogens is 292 g/mol. The highest BCUT2D eigenvalue weighted by molar-refractivity contribution is 5.80. The first-order chi connectivity index (χ1) is 11.1. The van der Waals surface area contributed by atoms with E-state index in [9.17, 15) is 9.59 Å². The normalized spacial score (nSPS) is 19.3. The summed E-state index contributed by atoms with van der Waals surface area (Å²) >= 11 is 0. The van der Waals surface area contributed by atoms with Gasteiger partial charge in [0.15, 0.2) is 0 Å². The van der Waals surface area contributed by atoms with Crippen molar-refractivity contribution < 1.29 is 9.59 Å². The van der Waals surface area contributed by atoms with E-state index in [0.717, 1.165) is 44.3 Å². The Labute approximate surface area is 137 Å². The van der Waals surface area contributed by atoms with Gasteiger partial charge in [-0.2, -0.15) is 5.10 Å². The first-order valence-electron chi connectivity index (χ1n) is 8.67. The molecule has 1 aromatic heterocycles. The maximum atomic E-state index is 12.4. The number of nitrogens with zero attached hydrogens (tertiary/aromatic N) is 4. The first kappa shape index (κ1) is 16.0. The van der Waals surface area contributed by atoms with E-state index < -0.39 is 0 Å². The van der Waals surface area contributed by atoms with E-state index in [1.54, 1.807) is 4.68 Å². The predicted molar refractivity (Wildman–Crippen MR) is 86.6 cm³/mol. The molecule has 6 heteroatoms.